The first kappa shape index (κ1) is 8.89. The molecule has 62 valence electrons. The van der Waals surface area contributed by atoms with Crippen molar-refractivity contribution in [1.29, 1.82) is 5.26 Å². The molecule has 11 heavy (non-hydrogen) atoms. The quantitative estimate of drug-likeness (QED) is 0.635. The number of ether oxygens (including phenoxy) is 1. The van der Waals surface area contributed by atoms with Gasteiger partial charge in [0, 0.05) is 11.9 Å². The van der Waals surface area contributed by atoms with Crippen LogP contribution in [0.25, 0.3) is 0 Å². The molecule has 0 radical (unpaired) electrons. The Morgan fingerprint density at radius 3 is 2.91 bits per heavy atom. The lowest BCUT2D eigenvalue weighted by Gasteiger charge is -2.24. The summed E-state index contributed by atoms with van der Waals surface area (Å²) in [5.74, 6) is 1.05. The van der Waals surface area contributed by atoms with E-state index in [2.05, 4.69) is 13.0 Å². The average molecular weight is 171 g/mol. The smallest absolute Gasteiger partial charge is 0.166 e. The van der Waals surface area contributed by atoms with E-state index >= 15 is 0 Å². The molecule has 2 unspecified atom stereocenters. The summed E-state index contributed by atoms with van der Waals surface area (Å²) in [6, 6.07) is 2.29. The molecule has 0 aromatic heterocycles. The van der Waals surface area contributed by atoms with Crippen LogP contribution < -0.4 is 0 Å². The molecule has 1 heterocycles. The highest BCUT2D eigenvalue weighted by Crippen LogP contribution is 2.37. The van der Waals surface area contributed by atoms with Gasteiger partial charge in [-0.2, -0.15) is 17.0 Å². The van der Waals surface area contributed by atoms with E-state index in [4.69, 9.17) is 10.00 Å². The van der Waals surface area contributed by atoms with Crippen LogP contribution in [0, 0.1) is 11.3 Å². The van der Waals surface area contributed by atoms with Crippen molar-refractivity contribution in [3.63, 3.8) is 0 Å². The maximum absolute atomic E-state index is 8.93. The zero-order chi connectivity index (χ0) is 8.32. The largest absolute Gasteiger partial charge is 0.359 e. The molecular weight excluding hydrogens is 158 g/mol. The van der Waals surface area contributed by atoms with Crippen LogP contribution in [0.1, 0.15) is 20.3 Å². The van der Waals surface area contributed by atoms with Crippen molar-refractivity contribution in [1.82, 2.24) is 0 Å². The van der Waals surface area contributed by atoms with Crippen LogP contribution in [-0.2, 0) is 4.74 Å². The summed E-state index contributed by atoms with van der Waals surface area (Å²) < 4.78 is 5.47. The van der Waals surface area contributed by atoms with E-state index in [-0.39, 0.29) is 0 Å². The minimum Gasteiger partial charge on any atom is -0.359 e. The SMILES string of the molecule is CCOC1(C#N)CCSC1C. The molecule has 1 fully saturated rings. The van der Waals surface area contributed by atoms with Crippen LogP contribution in [-0.4, -0.2) is 23.2 Å². The maximum Gasteiger partial charge on any atom is 0.166 e. The highest BCUT2D eigenvalue weighted by atomic mass is 32.2. The summed E-state index contributed by atoms with van der Waals surface area (Å²) in [6.45, 7) is 4.64. The summed E-state index contributed by atoms with van der Waals surface area (Å²) >= 11 is 1.82. The van der Waals surface area contributed by atoms with E-state index in [0.29, 0.717) is 11.9 Å². The molecule has 1 saturated heterocycles. The predicted octanol–water partition coefficient (Wildman–Crippen LogP) is 1.81. The Labute approximate surface area is 71.9 Å². The highest BCUT2D eigenvalue weighted by Gasteiger charge is 2.42. The zero-order valence-electron chi connectivity index (χ0n) is 6.96. The fraction of sp³-hybridized carbons (Fsp3) is 0.875. The molecule has 0 aromatic carbocycles. The van der Waals surface area contributed by atoms with Gasteiger partial charge in [0.05, 0.1) is 6.07 Å². The van der Waals surface area contributed by atoms with E-state index in [0.717, 1.165) is 12.2 Å². The minimum absolute atomic E-state index is 0.326. The molecule has 0 saturated carbocycles. The number of hydrogen-bond donors (Lipinski definition) is 0. The van der Waals surface area contributed by atoms with E-state index in [9.17, 15) is 0 Å². The van der Waals surface area contributed by atoms with Gasteiger partial charge in [-0.15, -0.1) is 0 Å². The third kappa shape index (κ3) is 1.52. The molecule has 0 bridgehead atoms. The number of thioether (sulfide) groups is 1. The monoisotopic (exact) mass is 171 g/mol. The van der Waals surface area contributed by atoms with E-state index in [1.165, 1.54) is 0 Å². The Hall–Kier alpha value is -0.200. The number of rotatable bonds is 2. The zero-order valence-corrected chi connectivity index (χ0v) is 7.78. The van der Waals surface area contributed by atoms with Gasteiger partial charge in [0.15, 0.2) is 5.60 Å². The van der Waals surface area contributed by atoms with Gasteiger partial charge in [-0.05, 0) is 26.0 Å². The Kier molecular flexibility index (Phi) is 2.80. The molecule has 1 rings (SSSR count). The molecule has 0 amide bonds. The van der Waals surface area contributed by atoms with Crippen molar-refractivity contribution in [3.05, 3.63) is 0 Å². The molecule has 1 aliphatic rings. The van der Waals surface area contributed by atoms with Gasteiger partial charge in [-0.3, -0.25) is 0 Å². The fourth-order valence-electron chi connectivity index (χ4n) is 1.35. The second kappa shape index (κ2) is 3.46. The van der Waals surface area contributed by atoms with Crippen molar-refractivity contribution in [2.24, 2.45) is 0 Å². The third-order valence-corrected chi connectivity index (χ3v) is 3.41. The van der Waals surface area contributed by atoms with Crippen LogP contribution >= 0.6 is 11.8 Å². The van der Waals surface area contributed by atoms with Gasteiger partial charge in [0.25, 0.3) is 0 Å². The average Bonchev–Trinajstić information content (AvgIpc) is 2.35. The van der Waals surface area contributed by atoms with Crippen molar-refractivity contribution >= 4 is 11.8 Å². The van der Waals surface area contributed by atoms with Crippen LogP contribution in [0.4, 0.5) is 0 Å². The van der Waals surface area contributed by atoms with E-state index in [1.54, 1.807) is 0 Å². The molecule has 0 spiro atoms. The lowest BCUT2D eigenvalue weighted by atomic mass is 9.99. The molecule has 0 aromatic rings. The Morgan fingerprint density at radius 2 is 2.55 bits per heavy atom. The third-order valence-electron chi connectivity index (χ3n) is 2.09. The van der Waals surface area contributed by atoms with Crippen LogP contribution in [0.3, 0.4) is 0 Å². The molecule has 0 aliphatic carbocycles. The van der Waals surface area contributed by atoms with Crippen molar-refractivity contribution in [2.45, 2.75) is 31.1 Å². The van der Waals surface area contributed by atoms with E-state index < -0.39 is 5.60 Å². The molecule has 2 atom stereocenters. The van der Waals surface area contributed by atoms with Crippen LogP contribution in [0.15, 0.2) is 0 Å². The summed E-state index contributed by atoms with van der Waals surface area (Å²) in [4.78, 5) is 0. The second-order valence-electron chi connectivity index (χ2n) is 2.70. The lowest BCUT2D eigenvalue weighted by molar-refractivity contribution is 0.00998. The number of nitrogens with zero attached hydrogens (tertiary/aromatic N) is 1. The van der Waals surface area contributed by atoms with Gasteiger partial charge in [-0.1, -0.05) is 0 Å². The molecule has 3 heteroatoms. The molecule has 2 nitrogen and oxygen atoms in total. The lowest BCUT2D eigenvalue weighted by Crippen LogP contribution is -2.36. The number of nitriles is 1. The Bertz CT molecular complexity index is 177. The van der Waals surface area contributed by atoms with Crippen LogP contribution in [0.5, 0.6) is 0 Å². The van der Waals surface area contributed by atoms with Gasteiger partial charge in [0.2, 0.25) is 0 Å². The first-order chi connectivity index (χ1) is 5.25. The first-order valence-corrected chi connectivity index (χ1v) is 4.97. The summed E-state index contributed by atoms with van der Waals surface area (Å²) in [6.07, 6.45) is 0.878. The molecule has 0 N–H and O–H groups in total. The normalized spacial score (nSPS) is 37.0. The highest BCUT2D eigenvalue weighted by molar-refractivity contribution is 8.00. The minimum atomic E-state index is -0.487. The van der Waals surface area contributed by atoms with Crippen LogP contribution in [0.2, 0.25) is 0 Å². The summed E-state index contributed by atoms with van der Waals surface area (Å²) in [5.41, 5.74) is -0.487. The van der Waals surface area contributed by atoms with Crippen molar-refractivity contribution in [2.75, 3.05) is 12.4 Å². The second-order valence-corrected chi connectivity index (χ2v) is 4.15. The maximum atomic E-state index is 8.93. The number of hydrogen-bond acceptors (Lipinski definition) is 3. The fourth-order valence-corrected chi connectivity index (χ4v) is 2.63. The topological polar surface area (TPSA) is 33.0 Å². The summed E-state index contributed by atoms with van der Waals surface area (Å²) in [7, 11) is 0. The van der Waals surface area contributed by atoms with E-state index in [1.807, 2.05) is 18.7 Å². The van der Waals surface area contributed by atoms with Crippen molar-refractivity contribution < 1.29 is 4.74 Å². The van der Waals surface area contributed by atoms with Crippen molar-refractivity contribution in [3.8, 4) is 6.07 Å². The standard InChI is InChI=1S/C8H13NOS/c1-3-10-8(6-9)4-5-11-7(8)2/h7H,3-5H2,1-2H3. The summed E-state index contributed by atoms with van der Waals surface area (Å²) in [5, 5.41) is 9.26. The van der Waals surface area contributed by atoms with Gasteiger partial charge >= 0.3 is 0 Å². The van der Waals surface area contributed by atoms with Gasteiger partial charge in [-0.25, -0.2) is 0 Å². The first-order valence-electron chi connectivity index (χ1n) is 3.92. The molecule has 1 aliphatic heterocycles. The Balaban J connectivity index is 2.67. The Morgan fingerprint density at radius 1 is 1.82 bits per heavy atom. The van der Waals surface area contributed by atoms with Gasteiger partial charge < -0.3 is 4.74 Å². The molecular formula is C8H13NOS. The van der Waals surface area contributed by atoms with Gasteiger partial charge in [0.1, 0.15) is 0 Å². The predicted molar refractivity (Wildman–Crippen MR) is 46.5 cm³/mol.